The molecule has 1 amide bonds. The summed E-state index contributed by atoms with van der Waals surface area (Å²) in [7, 11) is 1.57. The molecule has 43 heavy (non-hydrogen) atoms. The lowest BCUT2D eigenvalue weighted by Gasteiger charge is -2.14. The number of thioether (sulfide) groups is 1. The van der Waals surface area contributed by atoms with E-state index in [2.05, 4.69) is 5.32 Å². The van der Waals surface area contributed by atoms with Gasteiger partial charge in [0.1, 0.15) is 27.5 Å². The summed E-state index contributed by atoms with van der Waals surface area (Å²) in [4.78, 5) is 34.3. The third-order valence-electron chi connectivity index (χ3n) is 7.67. The van der Waals surface area contributed by atoms with Gasteiger partial charge in [0.25, 0.3) is 5.56 Å². The number of fused-ring (bicyclic) bond motifs is 6. The van der Waals surface area contributed by atoms with Gasteiger partial charge in [0.15, 0.2) is 5.16 Å². The zero-order chi connectivity index (χ0) is 29.5. The predicted molar refractivity (Wildman–Crippen MR) is 173 cm³/mol. The standard InChI is InChI=1S/C33H29N3O5S2/c1-3-40-20-14-12-19(13-15-20)36-32(38)30-22-9-5-7-11-28(22)43-31(30)35-33(36)42-18-29(37)34-24-17-26-23(16-27(24)39-2)21-8-4-6-10-25(21)41-26/h4,6,8,10,12-17H,3,5,7,9,11,18H2,1-2H3,(H,34,37). The molecule has 1 N–H and O–H groups in total. The highest BCUT2D eigenvalue weighted by atomic mass is 32.2. The van der Waals surface area contributed by atoms with E-state index in [0.717, 1.165) is 58.2 Å². The molecule has 7 rings (SSSR count). The second-order valence-electron chi connectivity index (χ2n) is 10.3. The van der Waals surface area contributed by atoms with Crippen molar-refractivity contribution in [2.24, 2.45) is 0 Å². The average molecular weight is 612 g/mol. The first-order valence-electron chi connectivity index (χ1n) is 14.3. The number of carbonyl (C=O) groups excluding carboxylic acids is 1. The van der Waals surface area contributed by atoms with Crippen LogP contribution in [-0.4, -0.2) is 34.9 Å². The highest BCUT2D eigenvalue weighted by Gasteiger charge is 2.24. The van der Waals surface area contributed by atoms with Gasteiger partial charge in [-0.15, -0.1) is 11.3 Å². The van der Waals surface area contributed by atoms with Crippen molar-refractivity contribution in [3.8, 4) is 17.2 Å². The van der Waals surface area contributed by atoms with E-state index in [4.69, 9.17) is 18.9 Å². The number of thiophene rings is 1. The second kappa shape index (κ2) is 11.4. The third-order valence-corrected chi connectivity index (χ3v) is 9.79. The molecule has 0 bridgehead atoms. The molecule has 3 aromatic heterocycles. The minimum Gasteiger partial charge on any atom is -0.495 e. The largest absolute Gasteiger partial charge is 0.495 e. The second-order valence-corrected chi connectivity index (χ2v) is 12.4. The summed E-state index contributed by atoms with van der Waals surface area (Å²) in [6.45, 7) is 2.48. The van der Waals surface area contributed by atoms with E-state index in [-0.39, 0.29) is 17.2 Å². The molecule has 0 fully saturated rings. The van der Waals surface area contributed by atoms with Crippen LogP contribution in [0.3, 0.4) is 0 Å². The Morgan fingerprint density at radius 3 is 2.70 bits per heavy atom. The topological polar surface area (TPSA) is 95.6 Å². The molecular formula is C33H29N3O5S2. The molecule has 10 heteroatoms. The number of rotatable bonds is 8. The maximum Gasteiger partial charge on any atom is 0.267 e. The molecule has 8 nitrogen and oxygen atoms in total. The van der Waals surface area contributed by atoms with Crippen molar-refractivity contribution in [3.05, 3.63) is 81.5 Å². The maximum atomic E-state index is 14.1. The number of furan rings is 1. The van der Waals surface area contributed by atoms with Crippen molar-refractivity contribution in [2.75, 3.05) is 24.8 Å². The zero-order valence-electron chi connectivity index (χ0n) is 23.8. The highest BCUT2D eigenvalue weighted by molar-refractivity contribution is 7.99. The van der Waals surface area contributed by atoms with Crippen LogP contribution in [0.25, 0.3) is 37.8 Å². The first-order chi connectivity index (χ1) is 21.0. The van der Waals surface area contributed by atoms with Crippen LogP contribution in [0.1, 0.15) is 30.2 Å². The molecule has 1 aliphatic rings. The van der Waals surface area contributed by atoms with Gasteiger partial charge < -0.3 is 19.2 Å². The van der Waals surface area contributed by atoms with Crippen molar-refractivity contribution in [2.45, 2.75) is 37.8 Å². The third kappa shape index (κ3) is 5.04. The lowest BCUT2D eigenvalue weighted by molar-refractivity contribution is -0.113. The Kier molecular flexibility index (Phi) is 7.32. The zero-order valence-corrected chi connectivity index (χ0v) is 25.4. The van der Waals surface area contributed by atoms with Gasteiger partial charge in [0, 0.05) is 21.7 Å². The van der Waals surface area contributed by atoms with Crippen LogP contribution in [0.5, 0.6) is 11.5 Å². The van der Waals surface area contributed by atoms with Gasteiger partial charge in [-0.1, -0.05) is 30.0 Å². The Hall–Kier alpha value is -4.28. The fraction of sp³-hybridized carbons (Fsp3) is 0.242. The van der Waals surface area contributed by atoms with Gasteiger partial charge in [-0.2, -0.15) is 0 Å². The minimum absolute atomic E-state index is 0.0430. The number of ether oxygens (including phenoxy) is 2. The van der Waals surface area contributed by atoms with Crippen molar-refractivity contribution >= 4 is 66.8 Å². The Labute approximate surface area is 255 Å². The van der Waals surface area contributed by atoms with Crippen LogP contribution < -0.4 is 20.3 Å². The lowest BCUT2D eigenvalue weighted by atomic mass is 9.97. The minimum atomic E-state index is -0.253. The molecule has 0 saturated carbocycles. The number of para-hydroxylation sites is 1. The number of hydrogen-bond acceptors (Lipinski definition) is 8. The van der Waals surface area contributed by atoms with E-state index in [1.807, 2.05) is 61.5 Å². The smallest absolute Gasteiger partial charge is 0.267 e. The molecule has 3 aromatic carbocycles. The number of nitrogens with zero attached hydrogens (tertiary/aromatic N) is 2. The molecule has 0 unspecified atom stereocenters. The number of aromatic nitrogens is 2. The maximum absolute atomic E-state index is 14.1. The molecule has 6 aromatic rings. The Balaban J connectivity index is 1.21. The summed E-state index contributed by atoms with van der Waals surface area (Å²) < 4.78 is 18.9. The summed E-state index contributed by atoms with van der Waals surface area (Å²) in [5, 5.41) is 6.03. The van der Waals surface area contributed by atoms with Crippen LogP contribution in [-0.2, 0) is 17.6 Å². The Morgan fingerprint density at radius 1 is 1.07 bits per heavy atom. The number of aryl methyl sites for hydroxylation is 2. The van der Waals surface area contributed by atoms with E-state index >= 15 is 0 Å². The van der Waals surface area contributed by atoms with E-state index in [1.54, 1.807) is 29.1 Å². The van der Waals surface area contributed by atoms with Gasteiger partial charge in [0.2, 0.25) is 5.91 Å². The van der Waals surface area contributed by atoms with E-state index in [9.17, 15) is 9.59 Å². The van der Waals surface area contributed by atoms with E-state index < -0.39 is 0 Å². The van der Waals surface area contributed by atoms with Crippen molar-refractivity contribution < 1.29 is 18.7 Å². The van der Waals surface area contributed by atoms with Crippen LogP contribution >= 0.6 is 23.1 Å². The molecule has 0 atom stereocenters. The normalized spacial score (nSPS) is 13.0. The summed E-state index contributed by atoms with van der Waals surface area (Å²) in [5.41, 5.74) is 3.64. The number of anilines is 1. The van der Waals surface area contributed by atoms with Crippen LogP contribution in [0.15, 0.2) is 75.0 Å². The van der Waals surface area contributed by atoms with Crippen molar-refractivity contribution in [3.63, 3.8) is 0 Å². The molecule has 218 valence electrons. The monoisotopic (exact) mass is 611 g/mol. The summed E-state index contributed by atoms with van der Waals surface area (Å²) in [6, 6.07) is 18.9. The SMILES string of the molecule is CCOc1ccc(-n2c(SCC(=O)Nc3cc4oc5ccccc5c4cc3OC)nc3sc4c(c3c2=O)CCCC4)cc1. The molecular weight excluding hydrogens is 583 g/mol. The molecule has 0 aliphatic heterocycles. The molecule has 0 radical (unpaired) electrons. The Bertz CT molecular complexity index is 2060. The number of methoxy groups -OCH3 is 1. The Morgan fingerprint density at radius 2 is 1.88 bits per heavy atom. The predicted octanol–water partition coefficient (Wildman–Crippen LogP) is 7.36. The van der Waals surface area contributed by atoms with Gasteiger partial charge in [0.05, 0.1) is 36.2 Å². The lowest BCUT2D eigenvalue weighted by Crippen LogP contribution is -2.23. The molecule has 1 aliphatic carbocycles. The summed E-state index contributed by atoms with van der Waals surface area (Å²) in [6.07, 6.45) is 4.06. The van der Waals surface area contributed by atoms with Crippen LogP contribution in [0.2, 0.25) is 0 Å². The molecule has 0 saturated heterocycles. The number of amides is 1. The summed E-state index contributed by atoms with van der Waals surface area (Å²) in [5.74, 6) is 1.05. The highest BCUT2D eigenvalue weighted by Crippen LogP contribution is 2.37. The van der Waals surface area contributed by atoms with Crippen molar-refractivity contribution in [1.29, 1.82) is 0 Å². The quantitative estimate of drug-likeness (QED) is 0.142. The van der Waals surface area contributed by atoms with E-state index in [0.29, 0.717) is 39.9 Å². The molecule has 3 heterocycles. The fourth-order valence-electron chi connectivity index (χ4n) is 5.70. The summed E-state index contributed by atoms with van der Waals surface area (Å²) >= 11 is 2.83. The average Bonchev–Trinajstić information content (AvgIpc) is 3.58. The van der Waals surface area contributed by atoms with Crippen molar-refractivity contribution in [1.82, 2.24) is 9.55 Å². The number of carbonyl (C=O) groups is 1. The molecule has 0 spiro atoms. The van der Waals surface area contributed by atoms with Gasteiger partial charge >= 0.3 is 0 Å². The first kappa shape index (κ1) is 27.5. The van der Waals surface area contributed by atoms with Gasteiger partial charge in [-0.05, 0) is 74.6 Å². The van der Waals surface area contributed by atoms with Crippen LogP contribution in [0, 0.1) is 0 Å². The number of benzene rings is 3. The fourth-order valence-corrected chi connectivity index (χ4v) is 7.82. The number of hydrogen-bond donors (Lipinski definition) is 1. The van der Waals surface area contributed by atoms with Gasteiger partial charge in [-0.25, -0.2) is 4.98 Å². The first-order valence-corrected chi connectivity index (χ1v) is 16.1. The van der Waals surface area contributed by atoms with E-state index in [1.165, 1.54) is 16.6 Å². The van der Waals surface area contributed by atoms with Crippen LogP contribution in [0.4, 0.5) is 5.69 Å². The van der Waals surface area contributed by atoms with Gasteiger partial charge in [-0.3, -0.25) is 14.2 Å². The number of nitrogens with one attached hydrogen (secondary N) is 1.